The van der Waals surface area contributed by atoms with Crippen molar-refractivity contribution in [3.63, 3.8) is 0 Å². The number of likely N-dealkylation sites (tertiary alicyclic amines) is 1. The van der Waals surface area contributed by atoms with Gasteiger partial charge in [-0.2, -0.15) is 5.26 Å². The number of aromatic nitrogens is 1. The summed E-state index contributed by atoms with van der Waals surface area (Å²) in [6.07, 6.45) is 1.40. The lowest BCUT2D eigenvalue weighted by molar-refractivity contribution is 0.0694. The number of carbonyl (C=O) groups excluding carboxylic acids is 1. The Bertz CT molecular complexity index is 1090. The van der Waals surface area contributed by atoms with Crippen LogP contribution in [0, 0.1) is 18.3 Å². The molecule has 0 spiro atoms. The highest BCUT2D eigenvalue weighted by Gasteiger charge is 2.27. The second-order valence-electron chi connectivity index (χ2n) is 6.92. The molecule has 0 N–H and O–H groups in total. The SMILES string of the molecule is Cc1ccc2c(c1)oc(=O)n2C1CCN(C(=O)c2ccc(C#N)cc2)CC1. The van der Waals surface area contributed by atoms with Gasteiger partial charge in [-0.05, 0) is 61.7 Å². The Hall–Kier alpha value is -3.33. The minimum absolute atomic E-state index is 0.0199. The first-order valence-corrected chi connectivity index (χ1v) is 8.98. The van der Waals surface area contributed by atoms with Crippen molar-refractivity contribution >= 4 is 17.0 Å². The Morgan fingerprint density at radius 1 is 1.15 bits per heavy atom. The molecule has 0 atom stereocenters. The first-order valence-electron chi connectivity index (χ1n) is 8.98. The molecule has 136 valence electrons. The minimum atomic E-state index is -0.340. The number of amides is 1. The first-order chi connectivity index (χ1) is 13.1. The van der Waals surface area contributed by atoms with E-state index in [1.54, 1.807) is 33.7 Å². The lowest BCUT2D eigenvalue weighted by Gasteiger charge is -2.32. The second-order valence-corrected chi connectivity index (χ2v) is 6.92. The monoisotopic (exact) mass is 361 g/mol. The molecule has 1 aliphatic heterocycles. The topological polar surface area (TPSA) is 79.2 Å². The van der Waals surface area contributed by atoms with Gasteiger partial charge in [0.05, 0.1) is 17.1 Å². The number of oxazole rings is 1. The summed E-state index contributed by atoms with van der Waals surface area (Å²) in [7, 11) is 0. The average Bonchev–Trinajstić information content (AvgIpc) is 3.02. The van der Waals surface area contributed by atoms with Crippen molar-refractivity contribution in [2.45, 2.75) is 25.8 Å². The maximum Gasteiger partial charge on any atom is 0.420 e. The van der Waals surface area contributed by atoms with E-state index in [4.69, 9.17) is 9.68 Å². The molecule has 0 bridgehead atoms. The number of hydrogen-bond donors (Lipinski definition) is 0. The summed E-state index contributed by atoms with van der Waals surface area (Å²) in [5, 5.41) is 8.87. The van der Waals surface area contributed by atoms with Crippen molar-refractivity contribution in [3.05, 3.63) is 69.7 Å². The van der Waals surface area contributed by atoms with Gasteiger partial charge in [0.2, 0.25) is 0 Å². The number of nitriles is 1. The lowest BCUT2D eigenvalue weighted by Crippen LogP contribution is -2.40. The minimum Gasteiger partial charge on any atom is -0.408 e. The van der Waals surface area contributed by atoms with Crippen LogP contribution in [0.4, 0.5) is 0 Å². The Labute approximate surface area is 156 Å². The van der Waals surface area contributed by atoms with Gasteiger partial charge in [-0.15, -0.1) is 0 Å². The number of aryl methyl sites for hydroxylation is 1. The zero-order valence-electron chi connectivity index (χ0n) is 15.0. The van der Waals surface area contributed by atoms with E-state index in [0.29, 0.717) is 42.6 Å². The van der Waals surface area contributed by atoms with Crippen LogP contribution in [0.2, 0.25) is 0 Å². The summed E-state index contributed by atoms with van der Waals surface area (Å²) in [6.45, 7) is 3.12. The fourth-order valence-electron chi connectivity index (χ4n) is 3.69. The normalized spacial score (nSPS) is 15.0. The highest BCUT2D eigenvalue weighted by molar-refractivity contribution is 5.94. The van der Waals surface area contributed by atoms with Gasteiger partial charge in [-0.25, -0.2) is 4.79 Å². The molecule has 2 aromatic carbocycles. The number of hydrogen-bond acceptors (Lipinski definition) is 4. The van der Waals surface area contributed by atoms with Crippen LogP contribution in [0.25, 0.3) is 11.1 Å². The summed E-state index contributed by atoms with van der Waals surface area (Å²) in [4.78, 5) is 26.8. The molecule has 1 aliphatic rings. The molecule has 27 heavy (non-hydrogen) atoms. The van der Waals surface area contributed by atoms with Crippen LogP contribution in [-0.2, 0) is 0 Å². The van der Waals surface area contributed by atoms with Gasteiger partial charge in [-0.3, -0.25) is 9.36 Å². The molecule has 0 aliphatic carbocycles. The molecular formula is C21H19N3O3. The number of carbonyl (C=O) groups is 1. The average molecular weight is 361 g/mol. The maximum atomic E-state index is 12.7. The zero-order valence-corrected chi connectivity index (χ0v) is 15.0. The molecule has 3 aromatic rings. The smallest absolute Gasteiger partial charge is 0.408 e. The predicted octanol–water partition coefficient (Wildman–Crippen LogP) is 3.25. The quantitative estimate of drug-likeness (QED) is 0.702. The Morgan fingerprint density at radius 2 is 1.85 bits per heavy atom. The van der Waals surface area contributed by atoms with Gasteiger partial charge in [0.1, 0.15) is 0 Å². The standard InChI is InChI=1S/C21H19N3O3/c1-14-2-7-18-19(12-14)27-21(26)24(18)17-8-10-23(11-9-17)20(25)16-5-3-15(13-22)4-6-16/h2-7,12,17H,8-11H2,1H3. The number of fused-ring (bicyclic) bond motifs is 1. The lowest BCUT2D eigenvalue weighted by atomic mass is 10.0. The molecule has 1 fully saturated rings. The summed E-state index contributed by atoms with van der Waals surface area (Å²) in [5.74, 6) is -0.384. The molecule has 1 amide bonds. The van der Waals surface area contributed by atoms with E-state index in [2.05, 4.69) is 6.07 Å². The summed E-state index contributed by atoms with van der Waals surface area (Å²) in [6, 6.07) is 14.5. The van der Waals surface area contributed by atoms with Crippen molar-refractivity contribution in [3.8, 4) is 6.07 Å². The van der Waals surface area contributed by atoms with Gasteiger partial charge in [0.25, 0.3) is 5.91 Å². The van der Waals surface area contributed by atoms with Crippen molar-refractivity contribution < 1.29 is 9.21 Å². The Kier molecular flexibility index (Phi) is 4.28. The van der Waals surface area contributed by atoms with Crippen LogP contribution in [0.5, 0.6) is 0 Å². The molecule has 1 saturated heterocycles. The van der Waals surface area contributed by atoms with E-state index in [1.165, 1.54) is 0 Å². The van der Waals surface area contributed by atoms with E-state index in [0.717, 1.165) is 11.1 Å². The highest BCUT2D eigenvalue weighted by Crippen LogP contribution is 2.27. The van der Waals surface area contributed by atoms with Gasteiger partial charge in [-0.1, -0.05) is 6.07 Å². The van der Waals surface area contributed by atoms with Gasteiger partial charge < -0.3 is 9.32 Å². The number of piperidine rings is 1. The summed E-state index contributed by atoms with van der Waals surface area (Å²) < 4.78 is 7.12. The molecular weight excluding hydrogens is 342 g/mol. The van der Waals surface area contributed by atoms with E-state index in [9.17, 15) is 9.59 Å². The third-order valence-corrected chi connectivity index (χ3v) is 5.15. The van der Waals surface area contributed by atoms with Crippen LogP contribution in [-0.4, -0.2) is 28.5 Å². The van der Waals surface area contributed by atoms with Crippen molar-refractivity contribution in [2.24, 2.45) is 0 Å². The van der Waals surface area contributed by atoms with Crippen LogP contribution >= 0.6 is 0 Å². The molecule has 0 unspecified atom stereocenters. The van der Waals surface area contributed by atoms with E-state index in [1.807, 2.05) is 25.1 Å². The molecule has 6 nitrogen and oxygen atoms in total. The Balaban J connectivity index is 1.51. The summed E-state index contributed by atoms with van der Waals surface area (Å²) >= 11 is 0. The molecule has 1 aromatic heterocycles. The van der Waals surface area contributed by atoms with E-state index in [-0.39, 0.29) is 17.7 Å². The molecule has 6 heteroatoms. The third-order valence-electron chi connectivity index (χ3n) is 5.15. The van der Waals surface area contributed by atoms with Crippen molar-refractivity contribution in [1.29, 1.82) is 5.26 Å². The molecule has 0 radical (unpaired) electrons. The fourth-order valence-corrected chi connectivity index (χ4v) is 3.69. The van der Waals surface area contributed by atoms with Crippen molar-refractivity contribution in [2.75, 3.05) is 13.1 Å². The van der Waals surface area contributed by atoms with Crippen LogP contribution in [0.1, 0.15) is 40.4 Å². The largest absolute Gasteiger partial charge is 0.420 e. The van der Waals surface area contributed by atoms with E-state index < -0.39 is 0 Å². The highest BCUT2D eigenvalue weighted by atomic mass is 16.4. The number of benzene rings is 2. The van der Waals surface area contributed by atoms with Crippen LogP contribution in [0.3, 0.4) is 0 Å². The number of rotatable bonds is 2. The zero-order chi connectivity index (χ0) is 19.0. The third kappa shape index (κ3) is 3.13. The second kappa shape index (κ2) is 6.76. The maximum absolute atomic E-state index is 12.7. The summed E-state index contributed by atoms with van der Waals surface area (Å²) in [5.41, 5.74) is 3.57. The van der Waals surface area contributed by atoms with Gasteiger partial charge in [0.15, 0.2) is 5.58 Å². The molecule has 4 rings (SSSR count). The Morgan fingerprint density at radius 3 is 2.52 bits per heavy atom. The predicted molar refractivity (Wildman–Crippen MR) is 101 cm³/mol. The molecule has 0 saturated carbocycles. The molecule has 2 heterocycles. The van der Waals surface area contributed by atoms with Crippen LogP contribution < -0.4 is 5.76 Å². The van der Waals surface area contributed by atoms with Crippen molar-refractivity contribution in [1.82, 2.24) is 9.47 Å². The first kappa shape index (κ1) is 17.1. The van der Waals surface area contributed by atoms with Crippen LogP contribution in [0.15, 0.2) is 51.7 Å². The number of nitrogens with zero attached hydrogens (tertiary/aromatic N) is 3. The van der Waals surface area contributed by atoms with Gasteiger partial charge in [0, 0.05) is 24.7 Å². The fraction of sp³-hybridized carbons (Fsp3) is 0.286. The van der Waals surface area contributed by atoms with Gasteiger partial charge >= 0.3 is 5.76 Å². The van der Waals surface area contributed by atoms with E-state index >= 15 is 0 Å².